The molecule has 4 aromatic rings. The van der Waals surface area contributed by atoms with E-state index in [1.807, 2.05) is 13.0 Å². The number of aryl methyl sites for hydroxylation is 1. The second-order valence-electron chi connectivity index (χ2n) is 7.45. The maximum Gasteiger partial charge on any atom is 0.248 e. The van der Waals surface area contributed by atoms with Crippen molar-refractivity contribution < 1.29 is 18.7 Å². The molecule has 0 saturated heterocycles. The zero-order valence-electron chi connectivity index (χ0n) is 18.9. The first-order valence-electron chi connectivity index (χ1n) is 10.6. The van der Waals surface area contributed by atoms with Gasteiger partial charge in [0.05, 0.1) is 17.6 Å². The van der Waals surface area contributed by atoms with Crippen LogP contribution in [0.2, 0.25) is 0 Å². The first-order chi connectivity index (χ1) is 16.9. The summed E-state index contributed by atoms with van der Waals surface area (Å²) in [7, 11) is 0. The van der Waals surface area contributed by atoms with Crippen molar-refractivity contribution in [2.24, 2.45) is 0 Å². The fourth-order valence-electron chi connectivity index (χ4n) is 3.22. The molecule has 35 heavy (non-hydrogen) atoms. The number of nitrogens with one attached hydrogen (secondary N) is 1. The van der Waals surface area contributed by atoms with Crippen LogP contribution in [0.15, 0.2) is 78.4 Å². The molecule has 7 nitrogen and oxygen atoms in total. The van der Waals surface area contributed by atoms with E-state index in [-0.39, 0.29) is 17.5 Å². The van der Waals surface area contributed by atoms with Gasteiger partial charge in [-0.25, -0.2) is 9.37 Å². The molecule has 1 N–H and O–H groups in total. The summed E-state index contributed by atoms with van der Waals surface area (Å²) in [4.78, 5) is 34.2. The maximum atomic E-state index is 14.2. The van der Waals surface area contributed by atoms with Gasteiger partial charge in [-0.2, -0.15) is 0 Å². The van der Waals surface area contributed by atoms with Gasteiger partial charge in [0.1, 0.15) is 17.3 Å². The molecule has 0 bridgehead atoms. The first kappa shape index (κ1) is 23.8. The minimum Gasteiger partial charge on any atom is -0.455 e. The third kappa shape index (κ3) is 5.96. The summed E-state index contributed by atoms with van der Waals surface area (Å²) in [5, 5.41) is 4.79. The minimum atomic E-state index is -0.526. The highest BCUT2D eigenvalue weighted by atomic mass is 32.1. The number of ether oxygens (including phenoxy) is 1. The van der Waals surface area contributed by atoms with Gasteiger partial charge in [-0.05, 0) is 61.0 Å². The summed E-state index contributed by atoms with van der Waals surface area (Å²) in [6.07, 6.45) is 6.16. The molecule has 0 saturated carbocycles. The number of pyridine rings is 1. The van der Waals surface area contributed by atoms with Crippen LogP contribution in [0.4, 0.5) is 20.9 Å². The number of hydrogen-bond donors (Lipinski definition) is 1. The highest BCUT2D eigenvalue weighted by Gasteiger charge is 2.20. The van der Waals surface area contributed by atoms with Gasteiger partial charge >= 0.3 is 0 Å². The van der Waals surface area contributed by atoms with Gasteiger partial charge in [-0.3, -0.25) is 19.5 Å². The van der Waals surface area contributed by atoms with Gasteiger partial charge in [0.15, 0.2) is 5.13 Å². The third-order valence-corrected chi connectivity index (χ3v) is 5.66. The van der Waals surface area contributed by atoms with Gasteiger partial charge < -0.3 is 10.1 Å². The number of carbonyl (C=O) groups excluding carboxylic acids is 2. The number of thiazole rings is 1. The second kappa shape index (κ2) is 10.7. The molecular weight excluding hydrogens is 467 g/mol. The van der Waals surface area contributed by atoms with E-state index in [0.717, 1.165) is 5.56 Å². The third-order valence-electron chi connectivity index (χ3n) is 4.82. The normalized spacial score (nSPS) is 10.8. The summed E-state index contributed by atoms with van der Waals surface area (Å²) >= 11 is 1.18. The lowest BCUT2D eigenvalue weighted by atomic mass is 10.2. The highest BCUT2D eigenvalue weighted by Crippen LogP contribution is 2.31. The maximum absolute atomic E-state index is 14.2. The lowest BCUT2D eigenvalue weighted by Gasteiger charge is -2.18. The molecule has 0 aliphatic carbocycles. The molecule has 0 spiro atoms. The number of aromatic nitrogens is 2. The molecule has 4 rings (SSSR count). The molecule has 176 valence electrons. The van der Waals surface area contributed by atoms with Crippen molar-refractivity contribution in [1.29, 1.82) is 0 Å². The summed E-state index contributed by atoms with van der Waals surface area (Å²) in [5.74, 6) is 0.0330. The van der Waals surface area contributed by atoms with Crippen LogP contribution in [0.25, 0.3) is 6.08 Å². The van der Waals surface area contributed by atoms with Crippen LogP contribution in [-0.4, -0.2) is 21.8 Å². The predicted molar refractivity (Wildman–Crippen MR) is 134 cm³/mol. The van der Waals surface area contributed by atoms with Crippen LogP contribution in [-0.2, 0) is 9.59 Å². The Balaban J connectivity index is 1.42. The van der Waals surface area contributed by atoms with E-state index in [1.54, 1.807) is 54.2 Å². The number of anilines is 3. The Morgan fingerprint density at radius 1 is 1.14 bits per heavy atom. The van der Waals surface area contributed by atoms with Crippen molar-refractivity contribution in [3.63, 3.8) is 0 Å². The molecule has 0 fully saturated rings. The van der Waals surface area contributed by atoms with Gasteiger partial charge in [0.2, 0.25) is 11.8 Å². The molecule has 2 amide bonds. The van der Waals surface area contributed by atoms with E-state index in [2.05, 4.69) is 15.3 Å². The number of rotatable bonds is 7. The van der Waals surface area contributed by atoms with Gasteiger partial charge in [-0.15, -0.1) is 11.3 Å². The van der Waals surface area contributed by atoms with Crippen molar-refractivity contribution in [3.05, 3.63) is 95.5 Å². The van der Waals surface area contributed by atoms with Crippen LogP contribution in [0.5, 0.6) is 11.5 Å². The Bertz CT molecular complexity index is 1390. The van der Waals surface area contributed by atoms with Crippen LogP contribution in [0.3, 0.4) is 0 Å². The number of halogens is 1. The Morgan fingerprint density at radius 3 is 2.69 bits per heavy atom. The Hall–Kier alpha value is -4.37. The van der Waals surface area contributed by atoms with Gasteiger partial charge in [0.25, 0.3) is 0 Å². The number of nitrogens with zero attached hydrogens (tertiary/aromatic N) is 3. The second-order valence-corrected chi connectivity index (χ2v) is 8.29. The van der Waals surface area contributed by atoms with Crippen molar-refractivity contribution >= 4 is 45.7 Å². The predicted octanol–water partition coefficient (Wildman–Crippen LogP) is 6.11. The largest absolute Gasteiger partial charge is 0.455 e. The fourth-order valence-corrected chi connectivity index (χ4v) is 4.06. The van der Waals surface area contributed by atoms with E-state index in [9.17, 15) is 14.0 Å². The lowest BCUT2D eigenvalue weighted by molar-refractivity contribution is -0.116. The van der Waals surface area contributed by atoms with E-state index < -0.39 is 5.82 Å². The van der Waals surface area contributed by atoms with Crippen LogP contribution in [0, 0.1) is 12.7 Å². The molecule has 2 aromatic carbocycles. The van der Waals surface area contributed by atoms with E-state index in [1.165, 1.54) is 47.4 Å². The Kier molecular flexibility index (Phi) is 7.27. The summed E-state index contributed by atoms with van der Waals surface area (Å²) < 4.78 is 20.0. The lowest BCUT2D eigenvalue weighted by Crippen LogP contribution is -2.23. The van der Waals surface area contributed by atoms with Crippen LogP contribution >= 0.6 is 11.3 Å². The van der Waals surface area contributed by atoms with Crippen LogP contribution in [0.1, 0.15) is 18.2 Å². The van der Waals surface area contributed by atoms with Crippen molar-refractivity contribution in [1.82, 2.24) is 9.97 Å². The molecule has 0 aliphatic heterocycles. The molecule has 2 heterocycles. The number of amides is 2. The fraction of sp³-hybridized carbons (Fsp3) is 0.0769. The topological polar surface area (TPSA) is 84.4 Å². The minimum absolute atomic E-state index is 0.119. The molecule has 0 unspecified atom stereocenters. The number of para-hydroxylation sites is 1. The summed E-state index contributed by atoms with van der Waals surface area (Å²) in [6.45, 7) is 3.22. The monoisotopic (exact) mass is 488 g/mol. The molecule has 2 aromatic heterocycles. The number of carbonyl (C=O) groups is 2. The average molecular weight is 489 g/mol. The smallest absolute Gasteiger partial charge is 0.248 e. The van der Waals surface area contributed by atoms with E-state index >= 15 is 0 Å². The van der Waals surface area contributed by atoms with Crippen molar-refractivity contribution in [3.8, 4) is 11.5 Å². The Morgan fingerprint density at radius 2 is 1.97 bits per heavy atom. The van der Waals surface area contributed by atoms with E-state index in [0.29, 0.717) is 28.0 Å². The van der Waals surface area contributed by atoms with Gasteiger partial charge in [0, 0.05) is 30.3 Å². The SMILES string of the molecule is CC(=O)N(c1nc(/C=C/C(=O)Nc2ccc(Oc3cccnc3)c(C)c2)cs1)c1ccccc1F. The quantitative estimate of drug-likeness (QED) is 0.317. The highest BCUT2D eigenvalue weighted by molar-refractivity contribution is 7.14. The molecule has 9 heteroatoms. The molecule has 0 atom stereocenters. The zero-order chi connectivity index (χ0) is 24.8. The van der Waals surface area contributed by atoms with Crippen LogP contribution < -0.4 is 15.0 Å². The standard InChI is InChI=1S/C26H21FN4O3S/c1-17-14-19(9-11-24(17)34-21-6-5-13-28-15-21)29-25(33)12-10-20-16-35-26(30-20)31(18(2)32)23-8-4-3-7-22(23)27/h3-16H,1-2H3,(H,29,33)/b12-10+. The van der Waals surface area contributed by atoms with Crippen molar-refractivity contribution in [2.45, 2.75) is 13.8 Å². The molecular formula is C26H21FN4O3S. The molecule has 0 aliphatic rings. The van der Waals surface area contributed by atoms with Gasteiger partial charge in [-0.1, -0.05) is 12.1 Å². The first-order valence-corrected chi connectivity index (χ1v) is 11.5. The van der Waals surface area contributed by atoms with Crippen molar-refractivity contribution in [2.75, 3.05) is 10.2 Å². The summed E-state index contributed by atoms with van der Waals surface area (Å²) in [6, 6.07) is 14.9. The zero-order valence-corrected chi connectivity index (χ0v) is 19.8. The Labute approximate surface area is 205 Å². The summed E-state index contributed by atoms with van der Waals surface area (Å²) in [5.41, 5.74) is 2.04. The number of benzene rings is 2. The number of hydrogen-bond acceptors (Lipinski definition) is 6. The average Bonchev–Trinajstić information content (AvgIpc) is 3.30. The molecule has 0 radical (unpaired) electrons. The van der Waals surface area contributed by atoms with E-state index in [4.69, 9.17) is 4.74 Å².